The maximum absolute atomic E-state index is 8.75. The van der Waals surface area contributed by atoms with Crippen LogP contribution >= 0.6 is 0 Å². The minimum atomic E-state index is 0.0847. The fourth-order valence-electron chi connectivity index (χ4n) is 2.19. The van der Waals surface area contributed by atoms with Gasteiger partial charge < -0.3 is 10.1 Å². The number of nitrogens with one attached hydrogen (secondary N) is 1. The summed E-state index contributed by atoms with van der Waals surface area (Å²) in [7, 11) is 0. The van der Waals surface area contributed by atoms with Crippen LogP contribution in [0.1, 0.15) is 41.0 Å². The normalized spacial score (nSPS) is 28.5. The van der Waals surface area contributed by atoms with Crippen molar-refractivity contribution in [1.82, 2.24) is 5.32 Å². The molecule has 1 N–H and O–H groups in total. The van der Waals surface area contributed by atoms with Crippen LogP contribution in [0.15, 0.2) is 0 Å². The van der Waals surface area contributed by atoms with E-state index in [1.807, 2.05) is 6.92 Å². The van der Waals surface area contributed by atoms with E-state index in [0.29, 0.717) is 18.1 Å². The highest BCUT2D eigenvalue weighted by Crippen LogP contribution is 2.42. The molecule has 98 valence electrons. The summed E-state index contributed by atoms with van der Waals surface area (Å²) in [6, 6.07) is 2.74. The number of nitrogens with zero attached hydrogens (tertiary/aromatic N) is 1. The zero-order valence-electron chi connectivity index (χ0n) is 11.8. The molecule has 3 atom stereocenters. The van der Waals surface area contributed by atoms with Crippen molar-refractivity contribution in [3.63, 3.8) is 0 Å². The number of hydrogen-bond acceptors (Lipinski definition) is 3. The Labute approximate surface area is 106 Å². The molecule has 1 aliphatic carbocycles. The van der Waals surface area contributed by atoms with Crippen LogP contribution in [0.25, 0.3) is 0 Å². The van der Waals surface area contributed by atoms with Gasteiger partial charge in [0.1, 0.15) is 0 Å². The zero-order chi connectivity index (χ0) is 13.1. The third-order valence-corrected chi connectivity index (χ3v) is 3.70. The molecule has 0 heterocycles. The molecule has 0 aromatic carbocycles. The summed E-state index contributed by atoms with van der Waals surface area (Å²) in [5, 5.41) is 12.2. The smallest absolute Gasteiger partial charge is 0.0666 e. The van der Waals surface area contributed by atoms with Crippen molar-refractivity contribution in [2.45, 2.75) is 53.2 Å². The Morgan fingerprint density at radius 2 is 2.06 bits per heavy atom. The Kier molecular flexibility index (Phi) is 4.97. The van der Waals surface area contributed by atoms with Crippen molar-refractivity contribution in [2.24, 2.45) is 17.3 Å². The first-order chi connectivity index (χ1) is 7.87. The summed E-state index contributed by atoms with van der Waals surface area (Å²) in [5.74, 6) is 0.679. The van der Waals surface area contributed by atoms with Crippen LogP contribution in [0.4, 0.5) is 0 Å². The average Bonchev–Trinajstić information content (AvgIpc) is 2.26. The lowest BCUT2D eigenvalue weighted by Gasteiger charge is -2.52. The highest BCUT2D eigenvalue weighted by molar-refractivity contribution is 5.03. The number of hydrogen-bond donors (Lipinski definition) is 1. The van der Waals surface area contributed by atoms with Crippen molar-refractivity contribution >= 4 is 0 Å². The Balaban J connectivity index is 2.31. The van der Waals surface area contributed by atoms with Crippen LogP contribution in [0.3, 0.4) is 0 Å². The molecule has 0 bridgehead atoms. The summed E-state index contributed by atoms with van der Waals surface area (Å²) in [5.41, 5.74) is 0.185. The Hall–Kier alpha value is -0.590. The Morgan fingerprint density at radius 1 is 1.41 bits per heavy atom. The van der Waals surface area contributed by atoms with E-state index in [2.05, 4.69) is 39.1 Å². The maximum Gasteiger partial charge on any atom is 0.0666 e. The van der Waals surface area contributed by atoms with Gasteiger partial charge in [-0.3, -0.25) is 0 Å². The van der Waals surface area contributed by atoms with Crippen molar-refractivity contribution in [1.29, 1.82) is 5.26 Å². The van der Waals surface area contributed by atoms with Crippen molar-refractivity contribution in [3.05, 3.63) is 0 Å². The van der Waals surface area contributed by atoms with Crippen LogP contribution in [-0.4, -0.2) is 25.3 Å². The summed E-state index contributed by atoms with van der Waals surface area (Å²) >= 11 is 0. The molecular weight excluding hydrogens is 212 g/mol. The van der Waals surface area contributed by atoms with Crippen LogP contribution in [0, 0.1) is 28.6 Å². The minimum Gasteiger partial charge on any atom is -0.377 e. The monoisotopic (exact) mass is 238 g/mol. The van der Waals surface area contributed by atoms with E-state index in [0.717, 1.165) is 19.6 Å². The van der Waals surface area contributed by atoms with Gasteiger partial charge in [0.15, 0.2) is 0 Å². The summed E-state index contributed by atoms with van der Waals surface area (Å²) < 4.78 is 5.91. The van der Waals surface area contributed by atoms with E-state index in [1.54, 1.807) is 0 Å². The Bertz CT molecular complexity index is 280. The molecule has 0 spiro atoms. The van der Waals surface area contributed by atoms with Gasteiger partial charge in [-0.05, 0) is 19.3 Å². The lowest BCUT2D eigenvalue weighted by Crippen LogP contribution is -2.61. The van der Waals surface area contributed by atoms with Gasteiger partial charge in [0.25, 0.3) is 0 Å². The molecular formula is C14H26N2O. The van der Waals surface area contributed by atoms with Crippen LogP contribution in [-0.2, 0) is 4.74 Å². The Morgan fingerprint density at radius 3 is 2.53 bits per heavy atom. The standard InChI is InChI=1S/C14H26N2O/c1-10(2)9-17-13-6-12(14(13,4)5)16-8-11(3)7-15/h10-13,16H,6,8-9H2,1-5H3. The lowest BCUT2D eigenvalue weighted by atomic mass is 9.64. The summed E-state index contributed by atoms with van der Waals surface area (Å²) in [6.07, 6.45) is 1.43. The molecule has 0 saturated heterocycles. The summed E-state index contributed by atoms with van der Waals surface area (Å²) in [6.45, 7) is 12.4. The maximum atomic E-state index is 8.75. The first-order valence-corrected chi connectivity index (χ1v) is 6.62. The molecule has 1 aliphatic rings. The van der Waals surface area contributed by atoms with Gasteiger partial charge in [0.2, 0.25) is 0 Å². The van der Waals surface area contributed by atoms with Gasteiger partial charge in [-0.1, -0.05) is 27.7 Å². The zero-order valence-corrected chi connectivity index (χ0v) is 11.8. The van der Waals surface area contributed by atoms with Crippen LogP contribution in [0.5, 0.6) is 0 Å². The molecule has 3 unspecified atom stereocenters. The third-order valence-electron chi connectivity index (χ3n) is 3.70. The average molecular weight is 238 g/mol. The van der Waals surface area contributed by atoms with Crippen molar-refractivity contribution < 1.29 is 4.74 Å². The second-order valence-corrected chi connectivity index (χ2v) is 6.26. The molecule has 0 amide bonds. The fourth-order valence-corrected chi connectivity index (χ4v) is 2.19. The number of ether oxygens (including phenoxy) is 1. The molecule has 17 heavy (non-hydrogen) atoms. The van der Waals surface area contributed by atoms with Crippen LogP contribution < -0.4 is 5.32 Å². The van der Waals surface area contributed by atoms with Gasteiger partial charge in [0.05, 0.1) is 18.1 Å². The minimum absolute atomic E-state index is 0.0847. The largest absolute Gasteiger partial charge is 0.377 e. The van der Waals surface area contributed by atoms with Gasteiger partial charge in [-0.15, -0.1) is 0 Å². The SMILES string of the molecule is CC(C)COC1CC(NCC(C)C#N)C1(C)C. The fraction of sp³-hybridized carbons (Fsp3) is 0.929. The second-order valence-electron chi connectivity index (χ2n) is 6.26. The summed E-state index contributed by atoms with van der Waals surface area (Å²) in [4.78, 5) is 0. The van der Waals surface area contributed by atoms with Gasteiger partial charge in [-0.2, -0.15) is 5.26 Å². The highest BCUT2D eigenvalue weighted by Gasteiger charge is 2.48. The van der Waals surface area contributed by atoms with E-state index in [4.69, 9.17) is 10.00 Å². The number of rotatable bonds is 6. The lowest BCUT2D eigenvalue weighted by molar-refractivity contribution is -0.123. The van der Waals surface area contributed by atoms with E-state index in [1.165, 1.54) is 0 Å². The topological polar surface area (TPSA) is 45.0 Å². The molecule has 1 saturated carbocycles. The number of nitriles is 1. The molecule has 1 rings (SSSR count). The van der Waals surface area contributed by atoms with Crippen molar-refractivity contribution in [2.75, 3.05) is 13.2 Å². The second kappa shape index (κ2) is 5.84. The molecule has 0 aromatic rings. The van der Waals surface area contributed by atoms with Gasteiger partial charge in [0, 0.05) is 24.6 Å². The van der Waals surface area contributed by atoms with E-state index in [-0.39, 0.29) is 11.3 Å². The third kappa shape index (κ3) is 3.69. The first kappa shape index (κ1) is 14.5. The molecule has 0 aromatic heterocycles. The van der Waals surface area contributed by atoms with E-state index < -0.39 is 0 Å². The van der Waals surface area contributed by atoms with Crippen LogP contribution in [0.2, 0.25) is 0 Å². The molecule has 0 radical (unpaired) electrons. The predicted molar refractivity (Wildman–Crippen MR) is 69.5 cm³/mol. The molecule has 3 nitrogen and oxygen atoms in total. The van der Waals surface area contributed by atoms with Crippen molar-refractivity contribution in [3.8, 4) is 6.07 Å². The van der Waals surface area contributed by atoms with E-state index in [9.17, 15) is 0 Å². The first-order valence-electron chi connectivity index (χ1n) is 6.62. The molecule has 3 heteroatoms. The van der Waals surface area contributed by atoms with Gasteiger partial charge in [-0.25, -0.2) is 0 Å². The molecule has 1 fully saturated rings. The quantitative estimate of drug-likeness (QED) is 0.773. The molecule has 0 aliphatic heterocycles. The predicted octanol–water partition coefficient (Wildman–Crippen LogP) is 2.58. The van der Waals surface area contributed by atoms with Gasteiger partial charge >= 0.3 is 0 Å². The highest BCUT2D eigenvalue weighted by atomic mass is 16.5. The van der Waals surface area contributed by atoms with E-state index >= 15 is 0 Å².